The molecule has 1 aliphatic rings. The molecule has 0 aliphatic heterocycles. The van der Waals surface area contributed by atoms with E-state index in [1.807, 2.05) is 6.92 Å². The summed E-state index contributed by atoms with van der Waals surface area (Å²) in [5, 5.41) is 0.968. The number of Topliss-reactive ketones (excluding diaryl/α,β-unsaturated/α-hetero) is 1. The van der Waals surface area contributed by atoms with Crippen molar-refractivity contribution >= 4 is 17.1 Å². The lowest BCUT2D eigenvalue weighted by Gasteiger charge is -2.26. The molecule has 3 nitrogen and oxygen atoms in total. The number of ether oxygens (including phenoxy) is 1. The lowest BCUT2D eigenvalue weighted by molar-refractivity contribution is 0.0594. The monoisotopic (exact) mass is 267 g/mol. The van der Waals surface area contributed by atoms with E-state index in [0.717, 1.165) is 28.4 Å². The van der Waals surface area contributed by atoms with E-state index in [1.54, 1.807) is 0 Å². The van der Waals surface area contributed by atoms with Gasteiger partial charge in [-0.3, -0.25) is 4.79 Å². The molecule has 0 amide bonds. The van der Waals surface area contributed by atoms with Gasteiger partial charge in [-0.05, 0) is 25.2 Å². The molecule has 0 saturated heterocycles. The Bertz CT molecular complexity index is 451. The van der Waals surface area contributed by atoms with E-state index in [-0.39, 0.29) is 17.3 Å². The van der Waals surface area contributed by atoms with Crippen LogP contribution < -0.4 is 0 Å². The molecule has 0 aromatic carbocycles. The largest absolute Gasteiger partial charge is 0.371 e. The van der Waals surface area contributed by atoms with Gasteiger partial charge >= 0.3 is 0 Å². The molecule has 0 N–H and O–H groups in total. The summed E-state index contributed by atoms with van der Waals surface area (Å²) >= 11 is 1.53. The zero-order chi connectivity index (χ0) is 13.3. The lowest BCUT2D eigenvalue weighted by atomic mass is 9.78. The average molecular weight is 267 g/mol. The molecule has 1 atom stereocenters. The molecule has 100 valence electrons. The molecule has 0 fully saturated rings. The molecule has 1 aromatic heterocycles. The van der Waals surface area contributed by atoms with E-state index in [0.29, 0.717) is 13.0 Å². The highest BCUT2D eigenvalue weighted by atomic mass is 32.1. The van der Waals surface area contributed by atoms with Crippen molar-refractivity contribution in [1.82, 2.24) is 4.98 Å². The summed E-state index contributed by atoms with van der Waals surface area (Å²) in [5.74, 6) is 0.247. The third-order valence-corrected chi connectivity index (χ3v) is 4.50. The average Bonchev–Trinajstić information content (AvgIpc) is 2.67. The van der Waals surface area contributed by atoms with E-state index in [9.17, 15) is 4.79 Å². The first-order valence-electron chi connectivity index (χ1n) is 6.61. The van der Waals surface area contributed by atoms with Crippen molar-refractivity contribution in [3.05, 3.63) is 15.6 Å². The molecule has 0 radical (unpaired) electrons. The quantitative estimate of drug-likeness (QED) is 0.833. The van der Waals surface area contributed by atoms with E-state index < -0.39 is 0 Å². The summed E-state index contributed by atoms with van der Waals surface area (Å²) < 4.78 is 5.68. The van der Waals surface area contributed by atoms with Gasteiger partial charge in [0.1, 0.15) is 11.1 Å². The van der Waals surface area contributed by atoms with Crippen LogP contribution in [0, 0.1) is 5.41 Å². The second kappa shape index (κ2) is 5.10. The Balaban J connectivity index is 2.31. The molecule has 2 rings (SSSR count). The molecule has 0 spiro atoms. The van der Waals surface area contributed by atoms with Gasteiger partial charge in [0.15, 0.2) is 5.78 Å². The lowest BCUT2D eigenvalue weighted by Crippen LogP contribution is -2.26. The highest BCUT2D eigenvalue weighted by Gasteiger charge is 2.34. The van der Waals surface area contributed by atoms with Gasteiger partial charge in [0.05, 0.1) is 10.6 Å². The number of nitrogens with zero attached hydrogens (tertiary/aromatic N) is 1. The van der Waals surface area contributed by atoms with E-state index in [4.69, 9.17) is 4.74 Å². The molecule has 4 heteroatoms. The third kappa shape index (κ3) is 2.64. The van der Waals surface area contributed by atoms with Crippen LogP contribution in [0.1, 0.15) is 67.0 Å². The molecular weight excluding hydrogens is 246 g/mol. The summed E-state index contributed by atoms with van der Waals surface area (Å²) in [4.78, 5) is 17.6. The van der Waals surface area contributed by atoms with Crippen LogP contribution in [0.2, 0.25) is 0 Å². The maximum atomic E-state index is 12.1. The number of fused-ring (bicyclic) bond motifs is 1. The fourth-order valence-corrected chi connectivity index (χ4v) is 3.59. The molecule has 1 unspecified atom stereocenters. The van der Waals surface area contributed by atoms with Crippen molar-refractivity contribution in [3.63, 3.8) is 0 Å². The van der Waals surface area contributed by atoms with Crippen molar-refractivity contribution < 1.29 is 9.53 Å². The smallest absolute Gasteiger partial charge is 0.175 e. The highest BCUT2D eigenvalue weighted by Crippen LogP contribution is 2.39. The SMILES string of the molecule is CCOC(CC)c1nc2c(s1)C(=O)CC(C)(C)C2. The zero-order valence-electron chi connectivity index (χ0n) is 11.6. The fourth-order valence-electron chi connectivity index (χ4n) is 2.44. The molecule has 0 bridgehead atoms. The molecule has 18 heavy (non-hydrogen) atoms. The van der Waals surface area contributed by atoms with Crippen LogP contribution in [-0.2, 0) is 11.2 Å². The Morgan fingerprint density at radius 2 is 2.11 bits per heavy atom. The maximum Gasteiger partial charge on any atom is 0.175 e. The Hall–Kier alpha value is -0.740. The summed E-state index contributed by atoms with van der Waals surface area (Å²) in [6.45, 7) is 9.03. The first-order chi connectivity index (χ1) is 8.46. The van der Waals surface area contributed by atoms with Gasteiger partial charge in [-0.1, -0.05) is 20.8 Å². The second-order valence-corrected chi connectivity index (χ2v) is 6.65. The van der Waals surface area contributed by atoms with Crippen molar-refractivity contribution in [3.8, 4) is 0 Å². The van der Waals surface area contributed by atoms with Crippen LogP contribution in [0.15, 0.2) is 0 Å². The van der Waals surface area contributed by atoms with E-state index >= 15 is 0 Å². The van der Waals surface area contributed by atoms with E-state index in [2.05, 4.69) is 25.8 Å². The molecular formula is C14H21NO2S. The third-order valence-electron chi connectivity index (χ3n) is 3.27. The van der Waals surface area contributed by atoms with Crippen molar-refractivity contribution in [2.45, 2.75) is 53.1 Å². The van der Waals surface area contributed by atoms with E-state index in [1.165, 1.54) is 11.3 Å². The van der Waals surface area contributed by atoms with Crippen molar-refractivity contribution in [2.24, 2.45) is 5.41 Å². The van der Waals surface area contributed by atoms with Crippen molar-refractivity contribution in [2.75, 3.05) is 6.61 Å². The van der Waals surface area contributed by atoms with Crippen molar-refractivity contribution in [1.29, 1.82) is 0 Å². The van der Waals surface area contributed by atoms with Crippen LogP contribution in [0.3, 0.4) is 0 Å². The maximum absolute atomic E-state index is 12.1. The van der Waals surface area contributed by atoms with Crippen LogP contribution in [-0.4, -0.2) is 17.4 Å². The number of carbonyl (C=O) groups is 1. The number of carbonyl (C=O) groups excluding carboxylic acids is 1. The number of hydrogen-bond acceptors (Lipinski definition) is 4. The zero-order valence-corrected chi connectivity index (χ0v) is 12.4. The second-order valence-electron chi connectivity index (χ2n) is 5.62. The normalized spacial score (nSPS) is 19.7. The van der Waals surface area contributed by atoms with Crippen LogP contribution in [0.4, 0.5) is 0 Å². The predicted octanol–water partition coefficient (Wildman–Crippen LogP) is 3.79. The first-order valence-corrected chi connectivity index (χ1v) is 7.43. The molecule has 1 heterocycles. The fraction of sp³-hybridized carbons (Fsp3) is 0.714. The number of thiazole rings is 1. The van der Waals surface area contributed by atoms with Gasteiger partial charge in [0, 0.05) is 13.0 Å². The Morgan fingerprint density at radius 1 is 1.39 bits per heavy atom. The minimum Gasteiger partial charge on any atom is -0.371 e. The number of rotatable bonds is 4. The number of hydrogen-bond donors (Lipinski definition) is 0. The summed E-state index contributed by atoms with van der Waals surface area (Å²) in [5.41, 5.74) is 1.03. The minimum absolute atomic E-state index is 0.0431. The Morgan fingerprint density at radius 3 is 2.72 bits per heavy atom. The number of ketones is 1. The summed E-state index contributed by atoms with van der Waals surface area (Å²) in [6.07, 6.45) is 2.47. The van der Waals surface area contributed by atoms with Crippen LogP contribution >= 0.6 is 11.3 Å². The van der Waals surface area contributed by atoms with Crippen LogP contribution in [0.5, 0.6) is 0 Å². The van der Waals surface area contributed by atoms with Gasteiger partial charge in [0.25, 0.3) is 0 Å². The van der Waals surface area contributed by atoms with Gasteiger partial charge in [-0.15, -0.1) is 11.3 Å². The summed E-state index contributed by atoms with van der Waals surface area (Å²) in [6, 6.07) is 0. The minimum atomic E-state index is 0.0431. The number of aromatic nitrogens is 1. The Kier molecular flexibility index (Phi) is 3.87. The standard InChI is InChI=1S/C14H21NO2S/c1-5-11(17-6-2)13-15-9-7-14(3,4)8-10(16)12(9)18-13/h11H,5-8H2,1-4H3. The summed E-state index contributed by atoms with van der Waals surface area (Å²) in [7, 11) is 0. The Labute approximate surface area is 113 Å². The van der Waals surface area contributed by atoms with Crippen LogP contribution in [0.25, 0.3) is 0 Å². The van der Waals surface area contributed by atoms with Gasteiger partial charge in [0.2, 0.25) is 0 Å². The molecule has 1 aliphatic carbocycles. The molecule has 1 aromatic rings. The molecule has 0 saturated carbocycles. The van der Waals surface area contributed by atoms with Gasteiger partial charge in [-0.25, -0.2) is 4.98 Å². The first kappa shape index (κ1) is 13.7. The topological polar surface area (TPSA) is 39.2 Å². The van der Waals surface area contributed by atoms with Gasteiger partial charge < -0.3 is 4.74 Å². The van der Waals surface area contributed by atoms with Gasteiger partial charge in [-0.2, -0.15) is 0 Å². The predicted molar refractivity (Wildman–Crippen MR) is 73.2 cm³/mol. The highest BCUT2D eigenvalue weighted by molar-refractivity contribution is 7.14.